The van der Waals surface area contributed by atoms with Crippen molar-refractivity contribution in [2.24, 2.45) is 12.0 Å². The maximum Gasteiger partial charge on any atom is 0.194 e. The topological polar surface area (TPSA) is 61.6 Å². The molecule has 1 fully saturated rings. The van der Waals surface area contributed by atoms with E-state index in [1.165, 1.54) is 0 Å². The number of rotatable bonds is 3. The molecule has 0 radical (unpaired) electrons. The zero-order valence-corrected chi connectivity index (χ0v) is 18.6. The summed E-state index contributed by atoms with van der Waals surface area (Å²) in [4.78, 5) is 18.3. The monoisotopic (exact) mass is 491 g/mol. The highest BCUT2D eigenvalue weighted by molar-refractivity contribution is 14.0. The van der Waals surface area contributed by atoms with Crippen molar-refractivity contribution in [2.75, 3.05) is 38.1 Å². The van der Waals surface area contributed by atoms with Gasteiger partial charge in [-0.2, -0.15) is 0 Å². The first-order valence-electron chi connectivity index (χ1n) is 9.28. The number of para-hydroxylation sites is 2. The van der Waals surface area contributed by atoms with Gasteiger partial charge in [0.25, 0.3) is 0 Å². The van der Waals surface area contributed by atoms with E-state index in [1.807, 2.05) is 43.6 Å². The number of nitrogens with zero attached hydrogens (tertiary/aromatic N) is 6. The van der Waals surface area contributed by atoms with Crippen LogP contribution in [0.4, 0.5) is 5.82 Å². The zero-order chi connectivity index (χ0) is 18.6. The van der Waals surface area contributed by atoms with Crippen molar-refractivity contribution in [3.63, 3.8) is 0 Å². The molecule has 3 heterocycles. The second-order valence-corrected chi connectivity index (χ2v) is 6.64. The van der Waals surface area contributed by atoms with E-state index in [0.29, 0.717) is 6.54 Å². The van der Waals surface area contributed by atoms with E-state index in [9.17, 15) is 0 Å². The second-order valence-electron chi connectivity index (χ2n) is 6.64. The number of aromatic nitrogens is 3. The van der Waals surface area contributed by atoms with Crippen molar-refractivity contribution in [2.45, 2.75) is 6.54 Å². The molecule has 7 nitrogen and oxygen atoms in total. The van der Waals surface area contributed by atoms with E-state index < -0.39 is 0 Å². The maximum atomic E-state index is 4.73. The number of nitrogens with one attached hydrogen (secondary N) is 1. The van der Waals surface area contributed by atoms with Crippen molar-refractivity contribution in [1.82, 2.24) is 24.8 Å². The number of fused-ring (bicyclic) bond motifs is 1. The van der Waals surface area contributed by atoms with Crippen LogP contribution in [0.15, 0.2) is 53.7 Å². The molecular weight excluding hydrogens is 465 g/mol. The highest BCUT2D eigenvalue weighted by Gasteiger charge is 2.20. The van der Waals surface area contributed by atoms with Crippen LogP contribution < -0.4 is 10.2 Å². The number of pyridine rings is 1. The molecule has 1 aromatic carbocycles. The van der Waals surface area contributed by atoms with Crippen LogP contribution in [0, 0.1) is 0 Å². The van der Waals surface area contributed by atoms with Gasteiger partial charge in [0, 0.05) is 46.5 Å². The Hall–Kier alpha value is -2.36. The number of imidazole rings is 1. The molecule has 0 aliphatic carbocycles. The lowest BCUT2D eigenvalue weighted by Gasteiger charge is -2.37. The summed E-state index contributed by atoms with van der Waals surface area (Å²) < 4.78 is 2.13. The van der Waals surface area contributed by atoms with E-state index in [4.69, 9.17) is 4.98 Å². The van der Waals surface area contributed by atoms with Crippen molar-refractivity contribution in [1.29, 1.82) is 0 Å². The molecule has 1 aliphatic rings. The molecule has 0 amide bonds. The molecule has 0 spiro atoms. The third kappa shape index (κ3) is 4.21. The van der Waals surface area contributed by atoms with E-state index in [1.54, 1.807) is 0 Å². The van der Waals surface area contributed by atoms with Crippen LogP contribution in [-0.2, 0) is 13.6 Å². The van der Waals surface area contributed by atoms with Gasteiger partial charge < -0.3 is 19.7 Å². The number of aryl methyl sites for hydroxylation is 1. The molecule has 3 aromatic rings. The lowest BCUT2D eigenvalue weighted by Crippen LogP contribution is -2.52. The van der Waals surface area contributed by atoms with E-state index in [0.717, 1.165) is 54.8 Å². The summed E-state index contributed by atoms with van der Waals surface area (Å²) in [6, 6.07) is 14.3. The number of aliphatic imine (C=N–C) groups is 1. The third-order valence-electron chi connectivity index (χ3n) is 5.05. The predicted molar refractivity (Wildman–Crippen MR) is 124 cm³/mol. The van der Waals surface area contributed by atoms with Gasteiger partial charge in [0.05, 0.1) is 17.6 Å². The molecule has 2 aromatic heterocycles. The van der Waals surface area contributed by atoms with E-state index >= 15 is 0 Å². The molecular formula is C20H26IN7. The molecule has 0 saturated carbocycles. The SMILES string of the molecule is CN=C(NCc1nc2ccccc2n1C)N1CCN(c2ccccn2)CC1.I. The average Bonchev–Trinajstić information content (AvgIpc) is 3.05. The van der Waals surface area contributed by atoms with Gasteiger partial charge in [-0.05, 0) is 24.3 Å². The van der Waals surface area contributed by atoms with Gasteiger partial charge >= 0.3 is 0 Å². The van der Waals surface area contributed by atoms with Crippen molar-refractivity contribution >= 4 is 46.8 Å². The first-order valence-corrected chi connectivity index (χ1v) is 9.28. The lowest BCUT2D eigenvalue weighted by atomic mass is 10.3. The van der Waals surface area contributed by atoms with Crippen LogP contribution in [0.1, 0.15) is 5.82 Å². The number of piperazine rings is 1. The fourth-order valence-corrected chi connectivity index (χ4v) is 3.53. The summed E-state index contributed by atoms with van der Waals surface area (Å²) in [6.45, 7) is 4.35. The van der Waals surface area contributed by atoms with Crippen molar-refractivity contribution in [3.05, 3.63) is 54.5 Å². The highest BCUT2D eigenvalue weighted by atomic mass is 127. The quantitative estimate of drug-likeness (QED) is 0.347. The molecule has 1 N–H and O–H groups in total. The molecule has 1 aliphatic heterocycles. The Morgan fingerprint density at radius 2 is 1.82 bits per heavy atom. The largest absolute Gasteiger partial charge is 0.353 e. The Balaban J connectivity index is 0.00000225. The van der Waals surface area contributed by atoms with Crippen molar-refractivity contribution in [3.8, 4) is 0 Å². The van der Waals surface area contributed by atoms with Gasteiger partial charge in [0.15, 0.2) is 5.96 Å². The smallest absolute Gasteiger partial charge is 0.194 e. The first kappa shape index (κ1) is 20.4. The molecule has 0 atom stereocenters. The Bertz CT molecular complexity index is 930. The van der Waals surface area contributed by atoms with Gasteiger partial charge in [0.1, 0.15) is 11.6 Å². The van der Waals surface area contributed by atoms with Crippen LogP contribution in [0.2, 0.25) is 0 Å². The normalized spacial score (nSPS) is 14.9. The van der Waals surface area contributed by atoms with Crippen LogP contribution in [0.25, 0.3) is 11.0 Å². The minimum Gasteiger partial charge on any atom is -0.353 e. The van der Waals surface area contributed by atoms with E-state index in [2.05, 4.69) is 48.8 Å². The Morgan fingerprint density at radius 1 is 1.07 bits per heavy atom. The maximum absolute atomic E-state index is 4.73. The highest BCUT2D eigenvalue weighted by Crippen LogP contribution is 2.15. The van der Waals surface area contributed by atoms with Gasteiger partial charge in [0.2, 0.25) is 0 Å². The molecule has 28 heavy (non-hydrogen) atoms. The van der Waals surface area contributed by atoms with Gasteiger partial charge in [-0.3, -0.25) is 4.99 Å². The number of benzene rings is 1. The molecule has 0 unspecified atom stereocenters. The Labute approximate surface area is 182 Å². The van der Waals surface area contributed by atoms with Crippen molar-refractivity contribution < 1.29 is 0 Å². The third-order valence-corrected chi connectivity index (χ3v) is 5.05. The molecule has 1 saturated heterocycles. The summed E-state index contributed by atoms with van der Waals surface area (Å²) in [5, 5.41) is 3.47. The molecule has 148 valence electrons. The second kappa shape index (κ2) is 9.22. The fourth-order valence-electron chi connectivity index (χ4n) is 3.53. The van der Waals surface area contributed by atoms with Crippen LogP contribution in [-0.4, -0.2) is 58.6 Å². The van der Waals surface area contributed by atoms with Crippen LogP contribution in [0.3, 0.4) is 0 Å². The summed E-state index contributed by atoms with van der Waals surface area (Å²) >= 11 is 0. The number of guanidine groups is 1. The zero-order valence-electron chi connectivity index (χ0n) is 16.2. The van der Waals surface area contributed by atoms with Gasteiger partial charge in [-0.15, -0.1) is 24.0 Å². The van der Waals surface area contributed by atoms with Crippen LogP contribution in [0.5, 0.6) is 0 Å². The number of anilines is 1. The number of hydrogen-bond acceptors (Lipinski definition) is 4. The average molecular weight is 491 g/mol. The number of halogens is 1. The Morgan fingerprint density at radius 3 is 2.50 bits per heavy atom. The standard InChI is InChI=1S/C20H25N7.HI/c1-21-20(23-15-19-24-16-7-3-4-8-17(16)25(19)2)27-13-11-26(12-14-27)18-9-5-6-10-22-18;/h3-10H,11-15H2,1-2H3,(H,21,23);1H. The first-order chi connectivity index (χ1) is 13.3. The summed E-state index contributed by atoms with van der Waals surface area (Å²) in [5.74, 6) is 2.96. The van der Waals surface area contributed by atoms with Gasteiger partial charge in [-0.25, -0.2) is 9.97 Å². The summed E-state index contributed by atoms with van der Waals surface area (Å²) in [6.07, 6.45) is 1.85. The van der Waals surface area contributed by atoms with Crippen LogP contribution >= 0.6 is 24.0 Å². The summed E-state index contributed by atoms with van der Waals surface area (Å²) in [7, 11) is 3.89. The number of hydrogen-bond donors (Lipinski definition) is 1. The molecule has 4 rings (SSSR count). The predicted octanol–water partition coefficient (Wildman–Crippen LogP) is 2.48. The molecule has 0 bridgehead atoms. The minimum absolute atomic E-state index is 0. The Kier molecular flexibility index (Phi) is 6.71. The summed E-state index contributed by atoms with van der Waals surface area (Å²) in [5.41, 5.74) is 2.17. The molecule has 8 heteroatoms. The fraction of sp³-hybridized carbons (Fsp3) is 0.350. The van der Waals surface area contributed by atoms with E-state index in [-0.39, 0.29) is 24.0 Å². The minimum atomic E-state index is 0. The van der Waals surface area contributed by atoms with Gasteiger partial charge in [-0.1, -0.05) is 18.2 Å². The lowest BCUT2D eigenvalue weighted by molar-refractivity contribution is 0.370.